The molecule has 0 bridgehead atoms. The normalized spacial score (nSPS) is 21.9. The van der Waals surface area contributed by atoms with Crippen molar-refractivity contribution in [2.24, 2.45) is 0 Å². The van der Waals surface area contributed by atoms with Crippen molar-refractivity contribution in [3.05, 3.63) is 16.4 Å². The molecule has 0 saturated carbocycles. The number of aryl methyl sites for hydroxylation is 1. The number of nitrogens with zero attached hydrogens (tertiary/aromatic N) is 2. The molecule has 1 unspecified atom stereocenters. The van der Waals surface area contributed by atoms with Gasteiger partial charge >= 0.3 is 0 Å². The van der Waals surface area contributed by atoms with Gasteiger partial charge in [0.15, 0.2) is 0 Å². The lowest BCUT2D eigenvalue weighted by Gasteiger charge is -2.23. The van der Waals surface area contributed by atoms with E-state index in [1.54, 1.807) is 0 Å². The molecule has 1 fully saturated rings. The highest BCUT2D eigenvalue weighted by Crippen LogP contribution is 2.20. The highest BCUT2D eigenvalue weighted by molar-refractivity contribution is 9.10. The topological polar surface area (TPSA) is 29.9 Å². The van der Waals surface area contributed by atoms with Crippen molar-refractivity contribution in [3.8, 4) is 0 Å². The minimum atomic E-state index is 0.636. The zero-order chi connectivity index (χ0) is 10.7. The summed E-state index contributed by atoms with van der Waals surface area (Å²) in [4.78, 5) is 0. The third-order valence-electron chi connectivity index (χ3n) is 3.05. The van der Waals surface area contributed by atoms with Crippen LogP contribution >= 0.6 is 15.9 Å². The Kier molecular flexibility index (Phi) is 3.81. The molecule has 1 N–H and O–H groups in total. The summed E-state index contributed by atoms with van der Waals surface area (Å²) in [6.07, 6.45) is 6.97. The van der Waals surface area contributed by atoms with Crippen LogP contribution in [0.5, 0.6) is 0 Å². The van der Waals surface area contributed by atoms with Gasteiger partial charge in [0, 0.05) is 19.0 Å². The van der Waals surface area contributed by atoms with Crippen LogP contribution in [0, 0.1) is 0 Å². The second-order valence-electron chi connectivity index (χ2n) is 4.11. The fourth-order valence-electron chi connectivity index (χ4n) is 2.19. The van der Waals surface area contributed by atoms with E-state index >= 15 is 0 Å². The Morgan fingerprint density at radius 1 is 1.60 bits per heavy atom. The first-order chi connectivity index (χ1) is 7.31. The molecule has 1 aromatic rings. The molecule has 84 valence electrons. The standard InChI is InChI=1S/C11H18BrN3/c1-2-15-11(10(12)8-14-15)7-9-5-3-4-6-13-9/h8-9,13H,2-7H2,1H3. The van der Waals surface area contributed by atoms with Crippen LogP contribution in [0.3, 0.4) is 0 Å². The van der Waals surface area contributed by atoms with Crippen LogP contribution in [-0.4, -0.2) is 22.4 Å². The van der Waals surface area contributed by atoms with Gasteiger partial charge in [0.2, 0.25) is 0 Å². The van der Waals surface area contributed by atoms with Crippen LogP contribution in [0.15, 0.2) is 10.7 Å². The molecule has 1 saturated heterocycles. The summed E-state index contributed by atoms with van der Waals surface area (Å²) in [7, 11) is 0. The van der Waals surface area contributed by atoms with Crippen LogP contribution in [0.25, 0.3) is 0 Å². The number of rotatable bonds is 3. The first-order valence-corrected chi connectivity index (χ1v) is 6.54. The predicted octanol–water partition coefficient (Wildman–Crippen LogP) is 2.35. The number of aromatic nitrogens is 2. The van der Waals surface area contributed by atoms with Gasteiger partial charge in [-0.3, -0.25) is 4.68 Å². The Bertz CT molecular complexity index is 316. The quantitative estimate of drug-likeness (QED) is 0.915. The van der Waals surface area contributed by atoms with Gasteiger partial charge in [-0.1, -0.05) is 6.42 Å². The van der Waals surface area contributed by atoms with Gasteiger partial charge in [-0.25, -0.2) is 0 Å². The summed E-state index contributed by atoms with van der Waals surface area (Å²) in [6.45, 7) is 4.26. The summed E-state index contributed by atoms with van der Waals surface area (Å²) in [6, 6.07) is 0.636. The van der Waals surface area contributed by atoms with Gasteiger partial charge in [-0.15, -0.1) is 0 Å². The SMILES string of the molecule is CCn1ncc(Br)c1CC1CCCCN1. The second kappa shape index (κ2) is 5.12. The van der Waals surface area contributed by atoms with E-state index in [-0.39, 0.29) is 0 Å². The summed E-state index contributed by atoms with van der Waals surface area (Å²) in [5, 5.41) is 7.92. The monoisotopic (exact) mass is 271 g/mol. The van der Waals surface area contributed by atoms with E-state index in [9.17, 15) is 0 Å². The zero-order valence-corrected chi connectivity index (χ0v) is 10.8. The molecule has 0 radical (unpaired) electrons. The highest BCUT2D eigenvalue weighted by Gasteiger charge is 2.17. The molecule has 2 heterocycles. The Labute approximate surface area is 99.4 Å². The molecule has 3 nitrogen and oxygen atoms in total. The molecule has 0 aliphatic carbocycles. The maximum absolute atomic E-state index is 4.34. The zero-order valence-electron chi connectivity index (χ0n) is 9.17. The number of halogens is 1. The number of hydrogen-bond acceptors (Lipinski definition) is 2. The van der Waals surface area contributed by atoms with E-state index in [0.717, 1.165) is 17.4 Å². The molecule has 0 amide bonds. The largest absolute Gasteiger partial charge is 0.314 e. The summed E-state index contributed by atoms with van der Waals surface area (Å²) in [5.41, 5.74) is 1.33. The van der Waals surface area contributed by atoms with E-state index in [4.69, 9.17) is 0 Å². The van der Waals surface area contributed by atoms with E-state index in [0.29, 0.717) is 6.04 Å². The Hall–Kier alpha value is -0.350. The van der Waals surface area contributed by atoms with Crippen molar-refractivity contribution in [1.82, 2.24) is 15.1 Å². The van der Waals surface area contributed by atoms with E-state index in [1.807, 2.05) is 6.20 Å². The predicted molar refractivity (Wildman–Crippen MR) is 64.9 cm³/mol. The molecular weight excluding hydrogens is 254 g/mol. The average molecular weight is 272 g/mol. The van der Waals surface area contributed by atoms with Gasteiger partial charge in [-0.05, 0) is 42.2 Å². The summed E-state index contributed by atoms with van der Waals surface area (Å²) < 4.78 is 3.23. The lowest BCUT2D eigenvalue weighted by Crippen LogP contribution is -2.36. The van der Waals surface area contributed by atoms with Gasteiger partial charge in [0.05, 0.1) is 16.4 Å². The maximum atomic E-state index is 4.34. The Balaban J connectivity index is 2.04. The van der Waals surface area contributed by atoms with Crippen LogP contribution in [0.1, 0.15) is 31.9 Å². The fourth-order valence-corrected chi connectivity index (χ4v) is 2.65. The first kappa shape index (κ1) is 11.1. The molecule has 2 rings (SSSR count). The van der Waals surface area contributed by atoms with Crippen LogP contribution in [0.2, 0.25) is 0 Å². The van der Waals surface area contributed by atoms with Crippen LogP contribution < -0.4 is 5.32 Å². The third-order valence-corrected chi connectivity index (χ3v) is 3.71. The van der Waals surface area contributed by atoms with E-state index in [2.05, 4.69) is 38.0 Å². The van der Waals surface area contributed by atoms with Crippen molar-refractivity contribution in [2.75, 3.05) is 6.54 Å². The molecule has 1 aromatic heterocycles. The van der Waals surface area contributed by atoms with Crippen molar-refractivity contribution in [3.63, 3.8) is 0 Å². The lowest BCUT2D eigenvalue weighted by atomic mass is 10.0. The summed E-state index contributed by atoms with van der Waals surface area (Å²) in [5.74, 6) is 0. The lowest BCUT2D eigenvalue weighted by molar-refractivity contribution is 0.390. The van der Waals surface area contributed by atoms with E-state index < -0.39 is 0 Å². The van der Waals surface area contributed by atoms with Gasteiger partial charge in [-0.2, -0.15) is 5.10 Å². The number of hydrogen-bond donors (Lipinski definition) is 1. The fraction of sp³-hybridized carbons (Fsp3) is 0.727. The molecule has 1 aliphatic heterocycles. The maximum Gasteiger partial charge on any atom is 0.0635 e. The van der Waals surface area contributed by atoms with Crippen molar-refractivity contribution in [1.29, 1.82) is 0 Å². The van der Waals surface area contributed by atoms with Crippen molar-refractivity contribution < 1.29 is 0 Å². The Morgan fingerprint density at radius 2 is 2.47 bits per heavy atom. The molecular formula is C11H18BrN3. The molecule has 4 heteroatoms. The van der Waals surface area contributed by atoms with E-state index in [1.165, 1.54) is 31.5 Å². The third kappa shape index (κ3) is 2.61. The van der Waals surface area contributed by atoms with Crippen molar-refractivity contribution in [2.45, 2.75) is 45.2 Å². The molecule has 15 heavy (non-hydrogen) atoms. The number of piperidine rings is 1. The second-order valence-corrected chi connectivity index (χ2v) is 4.96. The minimum Gasteiger partial charge on any atom is -0.314 e. The van der Waals surface area contributed by atoms with Crippen LogP contribution in [0.4, 0.5) is 0 Å². The average Bonchev–Trinajstić information content (AvgIpc) is 2.62. The van der Waals surface area contributed by atoms with Crippen molar-refractivity contribution >= 4 is 15.9 Å². The van der Waals surface area contributed by atoms with Crippen LogP contribution in [-0.2, 0) is 13.0 Å². The number of nitrogens with one attached hydrogen (secondary N) is 1. The molecule has 1 atom stereocenters. The molecule has 1 aliphatic rings. The minimum absolute atomic E-state index is 0.636. The molecule has 0 spiro atoms. The first-order valence-electron chi connectivity index (χ1n) is 5.75. The van der Waals surface area contributed by atoms with Gasteiger partial charge in [0.1, 0.15) is 0 Å². The summed E-state index contributed by atoms with van der Waals surface area (Å²) >= 11 is 3.57. The highest BCUT2D eigenvalue weighted by atomic mass is 79.9. The van der Waals surface area contributed by atoms with Gasteiger partial charge < -0.3 is 5.32 Å². The van der Waals surface area contributed by atoms with Gasteiger partial charge in [0.25, 0.3) is 0 Å². The Morgan fingerprint density at radius 3 is 3.13 bits per heavy atom. The smallest absolute Gasteiger partial charge is 0.0635 e. The molecule has 0 aromatic carbocycles.